The second-order valence-electron chi connectivity index (χ2n) is 5.13. The smallest absolute Gasteiger partial charge is 0.316 e. The van der Waals surface area contributed by atoms with Crippen LogP contribution in [-0.2, 0) is 6.54 Å². The number of hydrogen-bond donors (Lipinski definition) is 3. The first-order chi connectivity index (χ1) is 11.6. The molecule has 0 saturated carbocycles. The molecular weight excluding hydrogens is 308 g/mol. The Labute approximate surface area is 137 Å². The average molecular weight is 324 g/mol. The molecule has 0 aliphatic heterocycles. The van der Waals surface area contributed by atoms with Gasteiger partial charge in [-0.1, -0.05) is 11.3 Å². The van der Waals surface area contributed by atoms with Gasteiger partial charge in [-0.05, 0) is 43.3 Å². The van der Waals surface area contributed by atoms with Crippen LogP contribution in [0.25, 0.3) is 11.0 Å². The van der Waals surface area contributed by atoms with Crippen molar-refractivity contribution in [2.24, 2.45) is 5.73 Å². The second kappa shape index (κ2) is 6.37. The van der Waals surface area contributed by atoms with Crippen LogP contribution in [0.1, 0.15) is 17.3 Å². The molecule has 0 aliphatic carbocycles. The molecule has 1 heterocycles. The third-order valence-electron chi connectivity index (χ3n) is 3.46. The number of benzene rings is 2. The Balaban J connectivity index is 1.81. The van der Waals surface area contributed by atoms with Crippen molar-refractivity contribution in [1.29, 1.82) is 0 Å². The van der Waals surface area contributed by atoms with Gasteiger partial charge in [-0.15, -0.1) is 5.10 Å². The monoisotopic (exact) mass is 324 g/mol. The van der Waals surface area contributed by atoms with Gasteiger partial charge in [0.1, 0.15) is 5.52 Å². The highest BCUT2D eigenvalue weighted by Gasteiger charge is 2.10. The fraction of sp³-hybridized carbons (Fsp3) is 0.125. The summed E-state index contributed by atoms with van der Waals surface area (Å²) in [4.78, 5) is 23.3. The molecular formula is C16H16N6O2. The lowest BCUT2D eigenvalue weighted by Gasteiger charge is -2.08. The minimum absolute atomic E-state index is 0.279. The topological polar surface area (TPSA) is 115 Å². The molecule has 1 aromatic heterocycles. The maximum atomic E-state index is 12.4. The maximum absolute atomic E-state index is 12.4. The Morgan fingerprint density at radius 2 is 1.88 bits per heavy atom. The van der Waals surface area contributed by atoms with Crippen LogP contribution in [0.5, 0.6) is 0 Å². The van der Waals surface area contributed by atoms with Crippen molar-refractivity contribution in [3.05, 3.63) is 48.0 Å². The van der Waals surface area contributed by atoms with E-state index in [1.807, 2.05) is 13.0 Å². The first-order valence-corrected chi connectivity index (χ1v) is 7.38. The van der Waals surface area contributed by atoms with Crippen molar-refractivity contribution < 1.29 is 9.59 Å². The van der Waals surface area contributed by atoms with Gasteiger partial charge in [0.05, 0.1) is 5.52 Å². The Kier molecular flexibility index (Phi) is 4.11. The highest BCUT2D eigenvalue weighted by atomic mass is 16.2. The Bertz CT molecular complexity index is 918. The van der Waals surface area contributed by atoms with Crippen molar-refractivity contribution in [3.8, 4) is 0 Å². The van der Waals surface area contributed by atoms with E-state index in [1.165, 1.54) is 0 Å². The molecule has 3 amide bonds. The van der Waals surface area contributed by atoms with E-state index in [4.69, 9.17) is 5.73 Å². The molecule has 0 radical (unpaired) electrons. The highest BCUT2D eigenvalue weighted by Crippen LogP contribution is 2.18. The van der Waals surface area contributed by atoms with E-state index in [0.717, 1.165) is 5.52 Å². The predicted molar refractivity (Wildman–Crippen MR) is 90.8 cm³/mol. The molecule has 3 rings (SSSR count). The number of urea groups is 1. The summed E-state index contributed by atoms with van der Waals surface area (Å²) in [6.45, 7) is 2.68. The normalized spacial score (nSPS) is 10.5. The van der Waals surface area contributed by atoms with Gasteiger partial charge < -0.3 is 16.4 Å². The number of nitrogens with one attached hydrogen (secondary N) is 2. The number of carbonyl (C=O) groups is 2. The molecule has 8 heteroatoms. The number of primary amides is 1. The van der Waals surface area contributed by atoms with Gasteiger partial charge in [0.25, 0.3) is 5.91 Å². The third-order valence-corrected chi connectivity index (χ3v) is 3.46. The zero-order valence-electron chi connectivity index (χ0n) is 13.0. The lowest BCUT2D eigenvalue weighted by molar-refractivity contribution is 0.102. The fourth-order valence-corrected chi connectivity index (χ4v) is 2.37. The predicted octanol–water partition coefficient (Wildman–Crippen LogP) is 2.19. The van der Waals surface area contributed by atoms with Crippen LogP contribution in [0.2, 0.25) is 0 Å². The Morgan fingerprint density at radius 1 is 1.12 bits per heavy atom. The minimum atomic E-state index is -0.664. The number of aryl methyl sites for hydroxylation is 1. The summed E-state index contributed by atoms with van der Waals surface area (Å²) in [6, 6.07) is 11.3. The SMILES string of the molecule is CCn1nnc2cc(C(=O)Nc3cccc(NC(N)=O)c3)ccc21. The molecule has 0 saturated heterocycles. The number of nitrogens with two attached hydrogens (primary N) is 1. The van der Waals surface area contributed by atoms with E-state index in [-0.39, 0.29) is 5.91 Å². The van der Waals surface area contributed by atoms with E-state index in [0.29, 0.717) is 29.0 Å². The number of rotatable bonds is 4. The Hall–Kier alpha value is -3.42. The molecule has 4 N–H and O–H groups in total. The number of aromatic nitrogens is 3. The summed E-state index contributed by atoms with van der Waals surface area (Å²) in [5, 5.41) is 13.3. The zero-order chi connectivity index (χ0) is 17.1. The largest absolute Gasteiger partial charge is 0.351 e. The van der Waals surface area contributed by atoms with Gasteiger partial charge in [-0.2, -0.15) is 0 Å². The van der Waals surface area contributed by atoms with Gasteiger partial charge in [0, 0.05) is 23.5 Å². The van der Waals surface area contributed by atoms with E-state index in [2.05, 4.69) is 20.9 Å². The molecule has 2 aromatic carbocycles. The first kappa shape index (κ1) is 15.5. The number of hydrogen-bond acceptors (Lipinski definition) is 4. The standard InChI is InChI=1S/C16H16N6O2/c1-2-22-14-7-6-10(8-13(14)20-21-22)15(23)18-11-4-3-5-12(9-11)19-16(17)24/h3-9H,2H2,1H3,(H,18,23)(H3,17,19,24). The molecule has 3 aromatic rings. The van der Waals surface area contributed by atoms with Crippen LogP contribution in [0.3, 0.4) is 0 Å². The summed E-state index contributed by atoms with van der Waals surface area (Å²) in [5.41, 5.74) is 8.14. The summed E-state index contributed by atoms with van der Waals surface area (Å²) in [5.74, 6) is -0.279. The molecule has 0 fully saturated rings. The van der Waals surface area contributed by atoms with Crippen LogP contribution >= 0.6 is 0 Å². The quantitative estimate of drug-likeness (QED) is 0.682. The number of amides is 3. The van der Waals surface area contributed by atoms with Crippen LogP contribution in [0.4, 0.5) is 16.2 Å². The van der Waals surface area contributed by atoms with Crippen molar-refractivity contribution in [1.82, 2.24) is 15.0 Å². The summed E-state index contributed by atoms with van der Waals surface area (Å²) in [7, 11) is 0. The van der Waals surface area contributed by atoms with E-state index in [1.54, 1.807) is 41.1 Å². The van der Waals surface area contributed by atoms with Crippen LogP contribution in [0, 0.1) is 0 Å². The lowest BCUT2D eigenvalue weighted by atomic mass is 10.1. The number of nitrogens with zero attached hydrogens (tertiary/aromatic N) is 3. The van der Waals surface area contributed by atoms with Crippen molar-refractivity contribution in [2.45, 2.75) is 13.5 Å². The molecule has 122 valence electrons. The average Bonchev–Trinajstić information content (AvgIpc) is 2.96. The van der Waals surface area contributed by atoms with Gasteiger partial charge >= 0.3 is 6.03 Å². The molecule has 0 spiro atoms. The van der Waals surface area contributed by atoms with E-state index in [9.17, 15) is 9.59 Å². The van der Waals surface area contributed by atoms with Crippen molar-refractivity contribution in [3.63, 3.8) is 0 Å². The van der Waals surface area contributed by atoms with Gasteiger partial charge in [-0.25, -0.2) is 9.48 Å². The molecule has 8 nitrogen and oxygen atoms in total. The number of carbonyl (C=O) groups excluding carboxylic acids is 2. The second-order valence-corrected chi connectivity index (χ2v) is 5.13. The Morgan fingerprint density at radius 3 is 2.58 bits per heavy atom. The fourth-order valence-electron chi connectivity index (χ4n) is 2.37. The molecule has 0 aliphatic rings. The van der Waals surface area contributed by atoms with Crippen molar-refractivity contribution in [2.75, 3.05) is 10.6 Å². The highest BCUT2D eigenvalue weighted by molar-refractivity contribution is 6.06. The van der Waals surface area contributed by atoms with E-state index >= 15 is 0 Å². The molecule has 0 atom stereocenters. The van der Waals surface area contributed by atoms with Crippen LogP contribution in [0.15, 0.2) is 42.5 Å². The minimum Gasteiger partial charge on any atom is -0.351 e. The van der Waals surface area contributed by atoms with Crippen LogP contribution in [-0.4, -0.2) is 26.9 Å². The van der Waals surface area contributed by atoms with Crippen molar-refractivity contribution >= 4 is 34.3 Å². The summed E-state index contributed by atoms with van der Waals surface area (Å²) < 4.78 is 1.76. The summed E-state index contributed by atoms with van der Waals surface area (Å²) in [6.07, 6.45) is 0. The van der Waals surface area contributed by atoms with Gasteiger partial charge in [0.2, 0.25) is 0 Å². The van der Waals surface area contributed by atoms with Gasteiger partial charge in [0.15, 0.2) is 0 Å². The number of fused-ring (bicyclic) bond motifs is 1. The first-order valence-electron chi connectivity index (χ1n) is 7.38. The molecule has 0 unspecified atom stereocenters. The van der Waals surface area contributed by atoms with E-state index < -0.39 is 6.03 Å². The number of anilines is 2. The maximum Gasteiger partial charge on any atom is 0.316 e. The third kappa shape index (κ3) is 3.17. The molecule has 24 heavy (non-hydrogen) atoms. The zero-order valence-corrected chi connectivity index (χ0v) is 13.0. The van der Waals surface area contributed by atoms with Gasteiger partial charge in [-0.3, -0.25) is 4.79 Å². The summed E-state index contributed by atoms with van der Waals surface area (Å²) >= 11 is 0. The lowest BCUT2D eigenvalue weighted by Crippen LogP contribution is -2.19. The van der Waals surface area contributed by atoms with Crippen LogP contribution < -0.4 is 16.4 Å². The molecule has 0 bridgehead atoms.